The van der Waals surface area contributed by atoms with Gasteiger partial charge in [0.05, 0.1) is 12.1 Å². The summed E-state index contributed by atoms with van der Waals surface area (Å²) in [4.78, 5) is 34.8. The number of benzene rings is 2. The summed E-state index contributed by atoms with van der Waals surface area (Å²) in [5, 5.41) is 4.65. The number of hydrogen-bond donors (Lipinski definition) is 2. The van der Waals surface area contributed by atoms with E-state index in [0.717, 1.165) is 6.07 Å². The van der Waals surface area contributed by atoms with E-state index >= 15 is 0 Å². The average Bonchev–Trinajstić information content (AvgIpc) is 2.57. The Morgan fingerprint density at radius 2 is 1.72 bits per heavy atom. The molecule has 0 aliphatic carbocycles. The Hall–Kier alpha value is -2.93. The Kier molecular flexibility index (Phi) is 6.47. The SMILES string of the molecule is O=C(COC(=O)Cc1ccc(Cl)cc1)NC(=O)Nc1ccccc1F. The quantitative estimate of drug-likeness (QED) is 0.799. The summed E-state index contributed by atoms with van der Waals surface area (Å²) in [6.07, 6.45) is -0.0358. The number of ether oxygens (including phenoxy) is 1. The molecule has 130 valence electrons. The number of amides is 3. The molecule has 0 saturated heterocycles. The molecule has 0 heterocycles. The van der Waals surface area contributed by atoms with Crippen molar-refractivity contribution >= 4 is 35.2 Å². The van der Waals surface area contributed by atoms with Gasteiger partial charge in [-0.05, 0) is 29.8 Å². The van der Waals surface area contributed by atoms with Crippen molar-refractivity contribution in [3.63, 3.8) is 0 Å². The highest BCUT2D eigenvalue weighted by molar-refractivity contribution is 6.30. The van der Waals surface area contributed by atoms with Gasteiger partial charge in [0, 0.05) is 5.02 Å². The van der Waals surface area contributed by atoms with E-state index < -0.39 is 30.3 Å². The molecule has 25 heavy (non-hydrogen) atoms. The van der Waals surface area contributed by atoms with Crippen molar-refractivity contribution in [2.75, 3.05) is 11.9 Å². The topological polar surface area (TPSA) is 84.5 Å². The fourth-order valence-electron chi connectivity index (χ4n) is 1.84. The van der Waals surface area contributed by atoms with Crippen LogP contribution < -0.4 is 10.6 Å². The van der Waals surface area contributed by atoms with Crippen LogP contribution in [-0.4, -0.2) is 24.5 Å². The minimum absolute atomic E-state index is 0.0358. The number of imide groups is 1. The van der Waals surface area contributed by atoms with Crippen molar-refractivity contribution in [1.82, 2.24) is 5.32 Å². The summed E-state index contributed by atoms with van der Waals surface area (Å²) >= 11 is 5.74. The molecule has 0 spiro atoms. The molecule has 8 heteroatoms. The largest absolute Gasteiger partial charge is 0.455 e. The van der Waals surface area contributed by atoms with E-state index in [2.05, 4.69) is 5.32 Å². The Bertz CT molecular complexity index is 780. The Morgan fingerprint density at radius 1 is 1.04 bits per heavy atom. The minimum Gasteiger partial charge on any atom is -0.455 e. The molecule has 0 atom stereocenters. The molecule has 2 N–H and O–H groups in total. The zero-order valence-electron chi connectivity index (χ0n) is 12.9. The summed E-state index contributed by atoms with van der Waals surface area (Å²) in [7, 11) is 0. The molecule has 0 aromatic heterocycles. The first-order valence-electron chi connectivity index (χ1n) is 7.19. The van der Waals surface area contributed by atoms with Crippen LogP contribution in [-0.2, 0) is 20.7 Å². The van der Waals surface area contributed by atoms with Gasteiger partial charge in [-0.1, -0.05) is 35.9 Å². The number of hydrogen-bond acceptors (Lipinski definition) is 4. The first kappa shape index (κ1) is 18.4. The predicted octanol–water partition coefficient (Wildman–Crippen LogP) is 2.91. The van der Waals surface area contributed by atoms with Crippen LogP contribution in [0.25, 0.3) is 0 Å². The number of carbonyl (C=O) groups excluding carboxylic acids is 3. The third-order valence-corrected chi connectivity index (χ3v) is 3.25. The smallest absolute Gasteiger partial charge is 0.326 e. The average molecular weight is 365 g/mol. The third kappa shape index (κ3) is 6.23. The van der Waals surface area contributed by atoms with E-state index in [1.54, 1.807) is 24.3 Å². The van der Waals surface area contributed by atoms with Gasteiger partial charge in [0.2, 0.25) is 0 Å². The molecule has 0 aliphatic rings. The van der Waals surface area contributed by atoms with Crippen LogP contribution >= 0.6 is 11.6 Å². The Balaban J connectivity index is 1.74. The van der Waals surface area contributed by atoms with Gasteiger partial charge in [0.1, 0.15) is 5.82 Å². The van der Waals surface area contributed by atoms with Gasteiger partial charge in [-0.25, -0.2) is 9.18 Å². The van der Waals surface area contributed by atoms with Crippen LogP contribution in [0.3, 0.4) is 0 Å². The van der Waals surface area contributed by atoms with E-state index in [-0.39, 0.29) is 12.1 Å². The number of nitrogens with one attached hydrogen (secondary N) is 2. The number of carbonyl (C=O) groups is 3. The lowest BCUT2D eigenvalue weighted by atomic mass is 10.1. The molecular formula is C17H14ClFN2O4. The van der Waals surface area contributed by atoms with Crippen molar-refractivity contribution in [1.29, 1.82) is 0 Å². The summed E-state index contributed by atoms with van der Waals surface area (Å²) in [5.74, 6) is -2.11. The van der Waals surface area contributed by atoms with Gasteiger partial charge in [0.25, 0.3) is 5.91 Å². The van der Waals surface area contributed by atoms with Crippen molar-refractivity contribution < 1.29 is 23.5 Å². The summed E-state index contributed by atoms with van der Waals surface area (Å²) < 4.78 is 18.1. The van der Waals surface area contributed by atoms with Gasteiger partial charge in [-0.15, -0.1) is 0 Å². The molecule has 0 radical (unpaired) electrons. The normalized spacial score (nSPS) is 10.0. The number of anilines is 1. The lowest BCUT2D eigenvalue weighted by Crippen LogP contribution is -2.37. The van der Waals surface area contributed by atoms with Crippen molar-refractivity contribution in [2.45, 2.75) is 6.42 Å². The van der Waals surface area contributed by atoms with Gasteiger partial charge in [0.15, 0.2) is 6.61 Å². The zero-order chi connectivity index (χ0) is 18.2. The predicted molar refractivity (Wildman–Crippen MR) is 89.7 cm³/mol. The van der Waals surface area contributed by atoms with E-state index in [1.165, 1.54) is 18.2 Å². The lowest BCUT2D eigenvalue weighted by Gasteiger charge is -2.08. The summed E-state index contributed by atoms with van der Waals surface area (Å²) in [6, 6.07) is 11.1. The highest BCUT2D eigenvalue weighted by atomic mass is 35.5. The Morgan fingerprint density at radius 3 is 2.40 bits per heavy atom. The second-order valence-electron chi connectivity index (χ2n) is 4.95. The molecule has 3 amide bonds. The highest BCUT2D eigenvalue weighted by Crippen LogP contribution is 2.12. The van der Waals surface area contributed by atoms with E-state index in [9.17, 15) is 18.8 Å². The maximum atomic E-state index is 13.4. The van der Waals surface area contributed by atoms with Crippen molar-refractivity contribution in [3.8, 4) is 0 Å². The molecule has 0 fully saturated rings. The summed E-state index contributed by atoms with van der Waals surface area (Å²) in [5.41, 5.74) is 0.597. The molecule has 0 aliphatic heterocycles. The summed E-state index contributed by atoms with van der Waals surface area (Å²) in [6.45, 7) is -0.628. The number of rotatable bonds is 5. The van der Waals surface area contributed by atoms with Crippen molar-refractivity contribution in [3.05, 3.63) is 64.9 Å². The van der Waals surface area contributed by atoms with Gasteiger partial charge in [-0.2, -0.15) is 0 Å². The van der Waals surface area contributed by atoms with E-state index in [1.807, 2.05) is 5.32 Å². The second-order valence-corrected chi connectivity index (χ2v) is 5.38. The molecule has 0 saturated carbocycles. The molecule has 0 unspecified atom stereocenters. The van der Waals surface area contributed by atoms with E-state index in [4.69, 9.17) is 16.3 Å². The molecule has 6 nitrogen and oxygen atoms in total. The standard InChI is InChI=1S/C17H14ClFN2O4/c18-12-7-5-11(6-8-12)9-16(23)25-10-15(22)21-17(24)20-14-4-2-1-3-13(14)19/h1-8H,9-10H2,(H2,20,21,22,24). The minimum atomic E-state index is -0.927. The molecular weight excluding hydrogens is 351 g/mol. The Labute approximate surface area is 147 Å². The van der Waals surface area contributed by atoms with Crippen LogP contribution in [0.15, 0.2) is 48.5 Å². The maximum Gasteiger partial charge on any atom is 0.326 e. The second kappa shape index (κ2) is 8.79. The highest BCUT2D eigenvalue weighted by Gasteiger charge is 2.12. The molecule has 2 rings (SSSR count). The van der Waals surface area contributed by atoms with Crippen LogP contribution in [0.2, 0.25) is 5.02 Å². The first-order valence-corrected chi connectivity index (χ1v) is 7.57. The maximum absolute atomic E-state index is 13.4. The van der Waals surface area contributed by atoms with Gasteiger partial charge < -0.3 is 10.1 Å². The van der Waals surface area contributed by atoms with Crippen LogP contribution in [0, 0.1) is 5.82 Å². The van der Waals surface area contributed by atoms with Crippen LogP contribution in [0.4, 0.5) is 14.9 Å². The molecule has 2 aromatic carbocycles. The molecule has 0 bridgehead atoms. The van der Waals surface area contributed by atoms with Crippen LogP contribution in [0.5, 0.6) is 0 Å². The van der Waals surface area contributed by atoms with E-state index in [0.29, 0.717) is 10.6 Å². The molecule has 2 aromatic rings. The van der Waals surface area contributed by atoms with Gasteiger partial charge >= 0.3 is 12.0 Å². The first-order chi connectivity index (χ1) is 11.9. The number of urea groups is 1. The van der Waals surface area contributed by atoms with Crippen LogP contribution in [0.1, 0.15) is 5.56 Å². The number of esters is 1. The third-order valence-electron chi connectivity index (χ3n) is 3.00. The number of para-hydroxylation sites is 1. The fourth-order valence-corrected chi connectivity index (χ4v) is 1.97. The zero-order valence-corrected chi connectivity index (χ0v) is 13.7. The number of halogens is 2. The van der Waals surface area contributed by atoms with Gasteiger partial charge in [-0.3, -0.25) is 14.9 Å². The fraction of sp³-hybridized carbons (Fsp3) is 0.118. The van der Waals surface area contributed by atoms with Crippen molar-refractivity contribution in [2.24, 2.45) is 0 Å². The lowest BCUT2D eigenvalue weighted by molar-refractivity contribution is -0.147. The monoisotopic (exact) mass is 364 g/mol.